The quantitative estimate of drug-likeness (QED) is 0.837. The van der Waals surface area contributed by atoms with Crippen molar-refractivity contribution in [1.29, 1.82) is 0 Å². The van der Waals surface area contributed by atoms with Crippen molar-refractivity contribution in [3.63, 3.8) is 0 Å². The van der Waals surface area contributed by atoms with E-state index in [1.54, 1.807) is 19.2 Å². The number of amides is 2. The number of methoxy groups -OCH3 is 1. The number of rotatable bonds is 2. The van der Waals surface area contributed by atoms with Crippen LogP contribution in [-0.2, 0) is 16.0 Å². The van der Waals surface area contributed by atoms with E-state index >= 15 is 0 Å². The average Bonchev–Trinajstić information content (AvgIpc) is 2.48. The lowest BCUT2D eigenvalue weighted by Gasteiger charge is -2.31. The van der Waals surface area contributed by atoms with Gasteiger partial charge in [-0.3, -0.25) is 19.7 Å². The maximum Gasteiger partial charge on any atom is 0.230 e. The van der Waals surface area contributed by atoms with Crippen molar-refractivity contribution >= 4 is 17.6 Å². The number of Topliss-reactive ketones (excluding diaryl/α,β-unsaturated/α-hetero) is 1. The summed E-state index contributed by atoms with van der Waals surface area (Å²) in [6, 6.07) is 5.42. The molecule has 1 aliphatic carbocycles. The molecule has 2 amide bonds. The largest absolute Gasteiger partial charge is 0.497 e. The number of aryl methyl sites for hydroxylation is 1. The molecule has 1 aliphatic heterocycles. The zero-order chi connectivity index (χ0) is 15.0. The van der Waals surface area contributed by atoms with Crippen LogP contribution in [0.15, 0.2) is 18.2 Å². The van der Waals surface area contributed by atoms with E-state index in [1.807, 2.05) is 6.07 Å². The van der Waals surface area contributed by atoms with Gasteiger partial charge in [0.1, 0.15) is 5.75 Å². The van der Waals surface area contributed by atoms with E-state index in [0.29, 0.717) is 24.8 Å². The number of piperidine rings is 1. The number of fused-ring (bicyclic) bond motifs is 1. The molecule has 5 heteroatoms. The minimum absolute atomic E-state index is 0.00778. The first kappa shape index (κ1) is 13.8. The Morgan fingerprint density at radius 2 is 1.86 bits per heavy atom. The van der Waals surface area contributed by atoms with Crippen LogP contribution in [0.25, 0.3) is 0 Å². The van der Waals surface area contributed by atoms with Crippen molar-refractivity contribution < 1.29 is 19.1 Å². The van der Waals surface area contributed by atoms with Gasteiger partial charge in [0, 0.05) is 23.8 Å². The first-order chi connectivity index (χ1) is 10.1. The number of ether oxygens (including phenoxy) is 1. The highest BCUT2D eigenvalue weighted by molar-refractivity contribution is 6.05. The van der Waals surface area contributed by atoms with Gasteiger partial charge in [-0.2, -0.15) is 0 Å². The molecule has 110 valence electrons. The van der Waals surface area contributed by atoms with E-state index < -0.39 is 0 Å². The number of benzene rings is 1. The van der Waals surface area contributed by atoms with Crippen LogP contribution in [0, 0.1) is 11.8 Å². The van der Waals surface area contributed by atoms with E-state index in [0.717, 1.165) is 17.7 Å². The number of ketones is 1. The van der Waals surface area contributed by atoms with Crippen molar-refractivity contribution in [1.82, 2.24) is 5.32 Å². The van der Waals surface area contributed by atoms with E-state index in [4.69, 9.17) is 4.74 Å². The topological polar surface area (TPSA) is 72.5 Å². The fraction of sp³-hybridized carbons (Fsp3) is 0.438. The number of carbonyl (C=O) groups excluding carboxylic acids is 3. The molecule has 2 atom stereocenters. The van der Waals surface area contributed by atoms with E-state index in [9.17, 15) is 14.4 Å². The Morgan fingerprint density at radius 3 is 2.57 bits per heavy atom. The number of hydrogen-bond acceptors (Lipinski definition) is 4. The van der Waals surface area contributed by atoms with Crippen molar-refractivity contribution in [2.45, 2.75) is 25.7 Å². The Kier molecular flexibility index (Phi) is 3.49. The summed E-state index contributed by atoms with van der Waals surface area (Å²) in [6.07, 6.45) is 2.17. The van der Waals surface area contributed by atoms with Gasteiger partial charge < -0.3 is 4.74 Å². The van der Waals surface area contributed by atoms with Crippen LogP contribution in [-0.4, -0.2) is 24.7 Å². The molecule has 1 saturated heterocycles. The highest BCUT2D eigenvalue weighted by atomic mass is 16.5. The Morgan fingerprint density at radius 1 is 1.10 bits per heavy atom. The molecule has 0 spiro atoms. The second-order valence-corrected chi connectivity index (χ2v) is 5.59. The summed E-state index contributed by atoms with van der Waals surface area (Å²) >= 11 is 0. The standard InChI is InChI=1S/C16H17NO4/c1-21-10-3-5-11-9(8-10)2-4-12(15(11)19)13-6-7-14(18)17-16(13)20/h3,5,8,12-13H,2,4,6-7H2,1H3,(H,17,18,20). The van der Waals surface area contributed by atoms with Crippen LogP contribution in [0.5, 0.6) is 5.75 Å². The third-order valence-electron chi connectivity index (χ3n) is 4.41. The summed E-state index contributed by atoms with van der Waals surface area (Å²) in [5.41, 5.74) is 1.65. The van der Waals surface area contributed by atoms with Crippen molar-refractivity contribution in [3.05, 3.63) is 29.3 Å². The zero-order valence-electron chi connectivity index (χ0n) is 11.8. The SMILES string of the molecule is COc1ccc2c(c1)CCC(C1CCC(=O)NC1=O)C2=O. The predicted octanol–water partition coefficient (Wildman–Crippen LogP) is 1.49. The molecular formula is C16H17NO4. The number of carbonyl (C=O) groups is 3. The van der Waals surface area contributed by atoms with E-state index in [-0.39, 0.29) is 29.4 Å². The number of hydrogen-bond donors (Lipinski definition) is 1. The molecular weight excluding hydrogens is 270 g/mol. The van der Waals surface area contributed by atoms with Crippen molar-refractivity contribution in [2.75, 3.05) is 7.11 Å². The Labute approximate surface area is 122 Å². The van der Waals surface area contributed by atoms with E-state index in [2.05, 4.69) is 5.32 Å². The first-order valence-electron chi connectivity index (χ1n) is 7.15. The maximum atomic E-state index is 12.6. The van der Waals surface area contributed by atoms with Gasteiger partial charge in [-0.15, -0.1) is 0 Å². The van der Waals surface area contributed by atoms with Crippen LogP contribution in [0.1, 0.15) is 35.2 Å². The van der Waals surface area contributed by atoms with Gasteiger partial charge in [-0.1, -0.05) is 0 Å². The fourth-order valence-corrected chi connectivity index (χ4v) is 3.26. The summed E-state index contributed by atoms with van der Waals surface area (Å²) in [4.78, 5) is 35.8. The maximum absolute atomic E-state index is 12.6. The molecule has 1 N–H and O–H groups in total. The van der Waals surface area contributed by atoms with Gasteiger partial charge in [0.05, 0.1) is 7.11 Å². The summed E-state index contributed by atoms with van der Waals surface area (Å²) < 4.78 is 5.17. The van der Waals surface area contributed by atoms with E-state index in [1.165, 1.54) is 0 Å². The van der Waals surface area contributed by atoms with Gasteiger partial charge in [-0.25, -0.2) is 0 Å². The molecule has 1 fully saturated rings. The van der Waals surface area contributed by atoms with Gasteiger partial charge >= 0.3 is 0 Å². The predicted molar refractivity (Wildman–Crippen MR) is 75.0 cm³/mol. The molecule has 0 bridgehead atoms. The first-order valence-corrected chi connectivity index (χ1v) is 7.15. The third kappa shape index (κ3) is 2.44. The molecule has 3 rings (SSSR count). The van der Waals surface area contributed by atoms with Gasteiger partial charge in [0.2, 0.25) is 11.8 Å². The van der Waals surface area contributed by atoms with Crippen LogP contribution in [0.3, 0.4) is 0 Å². The normalized spacial score (nSPS) is 25.3. The van der Waals surface area contributed by atoms with Crippen LogP contribution < -0.4 is 10.1 Å². The second-order valence-electron chi connectivity index (χ2n) is 5.59. The Hall–Kier alpha value is -2.17. The molecule has 1 heterocycles. The third-order valence-corrected chi connectivity index (χ3v) is 4.41. The minimum atomic E-state index is -0.384. The molecule has 2 unspecified atom stereocenters. The van der Waals surface area contributed by atoms with Gasteiger partial charge in [-0.05, 0) is 43.0 Å². The van der Waals surface area contributed by atoms with Gasteiger partial charge in [0.15, 0.2) is 5.78 Å². The summed E-state index contributed by atoms with van der Waals surface area (Å²) in [7, 11) is 1.60. The molecule has 0 saturated carbocycles. The number of imide groups is 1. The van der Waals surface area contributed by atoms with Crippen LogP contribution >= 0.6 is 0 Å². The lowest BCUT2D eigenvalue weighted by atomic mass is 9.73. The van der Waals surface area contributed by atoms with Crippen LogP contribution in [0.4, 0.5) is 0 Å². The second kappa shape index (κ2) is 5.31. The molecule has 0 aromatic heterocycles. The smallest absolute Gasteiger partial charge is 0.230 e. The minimum Gasteiger partial charge on any atom is -0.497 e. The monoisotopic (exact) mass is 287 g/mol. The molecule has 21 heavy (non-hydrogen) atoms. The fourth-order valence-electron chi connectivity index (χ4n) is 3.26. The molecule has 1 aromatic carbocycles. The number of nitrogens with one attached hydrogen (secondary N) is 1. The highest BCUT2D eigenvalue weighted by Gasteiger charge is 2.39. The summed E-state index contributed by atoms with van der Waals surface area (Å²) in [6.45, 7) is 0. The average molecular weight is 287 g/mol. The Balaban J connectivity index is 1.85. The van der Waals surface area contributed by atoms with Gasteiger partial charge in [0.25, 0.3) is 0 Å². The molecule has 1 aromatic rings. The van der Waals surface area contributed by atoms with Crippen molar-refractivity contribution in [3.8, 4) is 5.75 Å². The zero-order valence-corrected chi connectivity index (χ0v) is 11.8. The highest BCUT2D eigenvalue weighted by Crippen LogP contribution is 2.35. The molecule has 2 aliphatic rings. The van der Waals surface area contributed by atoms with Crippen molar-refractivity contribution in [2.24, 2.45) is 11.8 Å². The summed E-state index contributed by atoms with van der Waals surface area (Å²) in [5.74, 6) is -0.509. The molecule has 5 nitrogen and oxygen atoms in total. The van der Waals surface area contributed by atoms with Crippen LogP contribution in [0.2, 0.25) is 0 Å². The molecule has 0 radical (unpaired) electrons. The summed E-state index contributed by atoms with van der Waals surface area (Å²) in [5, 5.41) is 2.34. The lowest BCUT2D eigenvalue weighted by molar-refractivity contribution is -0.137. The lowest BCUT2D eigenvalue weighted by Crippen LogP contribution is -2.46. The Bertz CT molecular complexity index is 623.